The van der Waals surface area contributed by atoms with Crippen molar-refractivity contribution < 1.29 is 9.59 Å². The predicted molar refractivity (Wildman–Crippen MR) is 80.6 cm³/mol. The van der Waals surface area contributed by atoms with Crippen molar-refractivity contribution >= 4 is 52.0 Å². The summed E-state index contributed by atoms with van der Waals surface area (Å²) in [5, 5.41) is 11.5. The molecule has 0 aliphatic rings. The Morgan fingerprint density at radius 2 is 2.14 bits per heavy atom. The SMILES string of the molecule is N#CC(C(=O)Nc1ccccn1)C(=O)c1cc(Cl)sc1Cl. The molecule has 1 amide bonds. The Morgan fingerprint density at radius 3 is 2.67 bits per heavy atom. The van der Waals surface area contributed by atoms with Crippen LogP contribution in [0.4, 0.5) is 5.82 Å². The molecule has 2 aromatic rings. The Bertz CT molecular complexity index is 725. The first kappa shape index (κ1) is 15.4. The van der Waals surface area contributed by atoms with Crippen LogP contribution in [0.3, 0.4) is 0 Å². The van der Waals surface area contributed by atoms with Crippen LogP contribution in [0.1, 0.15) is 10.4 Å². The average molecular weight is 340 g/mol. The van der Waals surface area contributed by atoms with Crippen molar-refractivity contribution in [3.8, 4) is 6.07 Å². The molecule has 0 aliphatic carbocycles. The second-order valence-electron chi connectivity index (χ2n) is 3.87. The third-order valence-corrected chi connectivity index (χ3v) is 3.98. The van der Waals surface area contributed by atoms with Gasteiger partial charge in [-0.1, -0.05) is 29.3 Å². The number of pyridine rings is 1. The van der Waals surface area contributed by atoms with Crippen molar-refractivity contribution in [1.82, 2.24) is 4.98 Å². The van der Waals surface area contributed by atoms with E-state index in [4.69, 9.17) is 28.5 Å². The van der Waals surface area contributed by atoms with E-state index in [1.54, 1.807) is 24.3 Å². The van der Waals surface area contributed by atoms with E-state index < -0.39 is 17.6 Å². The van der Waals surface area contributed by atoms with Gasteiger partial charge in [-0.25, -0.2) is 4.98 Å². The maximum Gasteiger partial charge on any atom is 0.250 e. The molecule has 1 unspecified atom stereocenters. The highest BCUT2D eigenvalue weighted by Crippen LogP contribution is 2.32. The lowest BCUT2D eigenvalue weighted by Gasteiger charge is -2.08. The summed E-state index contributed by atoms with van der Waals surface area (Å²) in [6.45, 7) is 0. The minimum absolute atomic E-state index is 0.0642. The number of hydrogen-bond donors (Lipinski definition) is 1. The minimum atomic E-state index is -1.52. The fourth-order valence-corrected chi connectivity index (χ4v) is 3.01. The molecular formula is C13H7Cl2N3O2S. The van der Waals surface area contributed by atoms with Crippen molar-refractivity contribution in [2.45, 2.75) is 0 Å². The highest BCUT2D eigenvalue weighted by atomic mass is 35.5. The molecule has 0 fully saturated rings. The molecule has 21 heavy (non-hydrogen) atoms. The summed E-state index contributed by atoms with van der Waals surface area (Å²) in [6.07, 6.45) is 1.48. The van der Waals surface area contributed by atoms with Crippen molar-refractivity contribution in [3.05, 3.63) is 44.7 Å². The molecule has 0 bridgehead atoms. The monoisotopic (exact) mass is 339 g/mol. The van der Waals surface area contributed by atoms with Gasteiger partial charge in [0.2, 0.25) is 0 Å². The number of nitrogens with zero attached hydrogens (tertiary/aromatic N) is 2. The molecule has 1 atom stereocenters. The van der Waals surface area contributed by atoms with Crippen LogP contribution < -0.4 is 5.32 Å². The van der Waals surface area contributed by atoms with E-state index in [0.29, 0.717) is 4.34 Å². The Morgan fingerprint density at radius 1 is 1.38 bits per heavy atom. The van der Waals surface area contributed by atoms with E-state index in [0.717, 1.165) is 11.3 Å². The zero-order valence-electron chi connectivity index (χ0n) is 10.3. The number of halogens is 2. The number of nitrogens with one attached hydrogen (secondary N) is 1. The highest BCUT2D eigenvalue weighted by molar-refractivity contribution is 7.20. The van der Waals surface area contributed by atoms with Crippen LogP contribution in [0.25, 0.3) is 0 Å². The Hall–Kier alpha value is -1.94. The van der Waals surface area contributed by atoms with Crippen LogP contribution in [-0.2, 0) is 4.79 Å². The maximum absolute atomic E-state index is 12.2. The first-order valence-electron chi connectivity index (χ1n) is 5.63. The summed E-state index contributed by atoms with van der Waals surface area (Å²) in [4.78, 5) is 28.1. The smallest absolute Gasteiger partial charge is 0.250 e. The molecule has 2 heterocycles. The van der Waals surface area contributed by atoms with E-state index in [9.17, 15) is 9.59 Å². The molecule has 0 spiro atoms. The molecule has 5 nitrogen and oxygen atoms in total. The number of ketones is 1. The number of thiophene rings is 1. The standard InChI is InChI=1S/C13H7Cl2N3O2S/c14-9-5-7(12(15)21-9)11(19)8(6-16)13(20)18-10-3-1-2-4-17-10/h1-5,8H,(H,17,18,20). The van der Waals surface area contributed by atoms with Crippen LogP contribution >= 0.6 is 34.5 Å². The number of Topliss-reactive ketones (excluding diaryl/α,β-unsaturated/α-hetero) is 1. The van der Waals surface area contributed by atoms with Gasteiger partial charge in [0.15, 0.2) is 11.7 Å². The lowest BCUT2D eigenvalue weighted by Crippen LogP contribution is -2.28. The first-order chi connectivity index (χ1) is 10.0. The quantitative estimate of drug-likeness (QED) is 0.683. The molecule has 0 aliphatic heterocycles. The largest absolute Gasteiger partial charge is 0.309 e. The molecule has 106 valence electrons. The van der Waals surface area contributed by atoms with Gasteiger partial charge < -0.3 is 5.32 Å². The molecule has 2 aromatic heterocycles. The lowest BCUT2D eigenvalue weighted by molar-refractivity contribution is -0.117. The van der Waals surface area contributed by atoms with Crippen LogP contribution in [0.15, 0.2) is 30.5 Å². The van der Waals surface area contributed by atoms with Crippen LogP contribution in [0.2, 0.25) is 8.67 Å². The third-order valence-electron chi connectivity index (χ3n) is 2.49. The van der Waals surface area contributed by atoms with Crippen LogP contribution in [0.5, 0.6) is 0 Å². The fourth-order valence-electron chi connectivity index (χ4n) is 1.54. The number of aromatic nitrogens is 1. The highest BCUT2D eigenvalue weighted by Gasteiger charge is 2.30. The van der Waals surface area contributed by atoms with Gasteiger partial charge in [-0.05, 0) is 18.2 Å². The summed E-state index contributed by atoms with van der Waals surface area (Å²) in [5.41, 5.74) is 0.0642. The zero-order valence-corrected chi connectivity index (χ0v) is 12.7. The van der Waals surface area contributed by atoms with Crippen molar-refractivity contribution in [1.29, 1.82) is 5.26 Å². The average Bonchev–Trinajstić information content (AvgIpc) is 2.79. The van der Waals surface area contributed by atoms with Crippen LogP contribution in [0, 0.1) is 17.2 Å². The Balaban J connectivity index is 2.20. The molecular weight excluding hydrogens is 333 g/mol. The number of carbonyl (C=O) groups is 2. The number of anilines is 1. The van der Waals surface area contributed by atoms with Crippen molar-refractivity contribution in [2.24, 2.45) is 5.92 Å². The zero-order chi connectivity index (χ0) is 15.4. The molecule has 0 radical (unpaired) electrons. The fraction of sp³-hybridized carbons (Fsp3) is 0.0769. The normalized spacial score (nSPS) is 11.5. The van der Waals surface area contributed by atoms with Gasteiger partial charge in [-0.15, -0.1) is 11.3 Å². The minimum Gasteiger partial charge on any atom is -0.309 e. The number of hydrogen-bond acceptors (Lipinski definition) is 5. The van der Waals surface area contributed by atoms with Gasteiger partial charge in [0, 0.05) is 6.20 Å². The molecule has 8 heteroatoms. The van der Waals surface area contributed by atoms with Crippen LogP contribution in [-0.4, -0.2) is 16.7 Å². The maximum atomic E-state index is 12.2. The second-order valence-corrected chi connectivity index (χ2v) is 6.15. The predicted octanol–water partition coefficient (Wildman–Crippen LogP) is 3.41. The summed E-state index contributed by atoms with van der Waals surface area (Å²) in [6, 6.07) is 7.90. The first-order valence-corrected chi connectivity index (χ1v) is 7.20. The number of rotatable bonds is 4. The van der Waals surface area contributed by atoms with Crippen molar-refractivity contribution in [2.75, 3.05) is 5.32 Å². The molecule has 0 saturated carbocycles. The molecule has 1 N–H and O–H groups in total. The lowest BCUT2D eigenvalue weighted by atomic mass is 10.0. The Labute approximate surface area is 134 Å². The third kappa shape index (κ3) is 3.58. The molecule has 0 aromatic carbocycles. The summed E-state index contributed by atoms with van der Waals surface area (Å²) < 4.78 is 0.459. The summed E-state index contributed by atoms with van der Waals surface area (Å²) in [5.74, 6) is -2.72. The van der Waals surface area contributed by atoms with Gasteiger partial charge in [0.1, 0.15) is 10.2 Å². The van der Waals surface area contributed by atoms with Gasteiger partial charge in [-0.3, -0.25) is 9.59 Å². The van der Waals surface area contributed by atoms with E-state index in [1.807, 2.05) is 0 Å². The molecule has 2 rings (SSSR count). The summed E-state index contributed by atoms with van der Waals surface area (Å²) in [7, 11) is 0. The van der Waals surface area contributed by atoms with Crippen molar-refractivity contribution in [3.63, 3.8) is 0 Å². The summed E-state index contributed by atoms with van der Waals surface area (Å²) >= 11 is 12.6. The molecule has 0 saturated heterocycles. The number of carbonyl (C=O) groups excluding carboxylic acids is 2. The number of nitriles is 1. The van der Waals surface area contributed by atoms with E-state index in [2.05, 4.69) is 10.3 Å². The van der Waals surface area contributed by atoms with E-state index in [1.165, 1.54) is 12.3 Å². The van der Waals surface area contributed by atoms with E-state index >= 15 is 0 Å². The van der Waals surface area contributed by atoms with Gasteiger partial charge >= 0.3 is 0 Å². The Kier molecular flexibility index (Phi) is 4.91. The van der Waals surface area contributed by atoms with Gasteiger partial charge in [0.25, 0.3) is 5.91 Å². The van der Waals surface area contributed by atoms with E-state index in [-0.39, 0.29) is 15.7 Å². The van der Waals surface area contributed by atoms with Gasteiger partial charge in [0.05, 0.1) is 16.0 Å². The second kappa shape index (κ2) is 6.68. The van der Waals surface area contributed by atoms with Gasteiger partial charge in [-0.2, -0.15) is 5.26 Å². The number of amides is 1. The topological polar surface area (TPSA) is 82.8 Å².